The van der Waals surface area contributed by atoms with Crippen molar-refractivity contribution in [3.05, 3.63) is 51.3 Å². The number of nitriles is 1. The number of rotatable bonds is 5. The minimum atomic E-state index is -0.725. The van der Waals surface area contributed by atoms with Crippen LogP contribution in [0, 0.1) is 25.2 Å². The molecule has 0 atom stereocenters. The molecule has 0 unspecified atom stereocenters. The molecule has 1 heterocycles. The van der Waals surface area contributed by atoms with E-state index in [9.17, 15) is 14.9 Å². The Labute approximate surface area is 157 Å². The average Bonchev–Trinajstić information content (AvgIpc) is 2.60. The second kappa shape index (κ2) is 7.98. The number of carbonyl (C=O) groups is 2. The number of halogens is 1. The van der Waals surface area contributed by atoms with Crippen molar-refractivity contribution >= 4 is 23.4 Å². The van der Waals surface area contributed by atoms with Crippen LogP contribution in [0.5, 0.6) is 0 Å². The lowest BCUT2D eigenvalue weighted by Gasteiger charge is -2.17. The van der Waals surface area contributed by atoms with Crippen LogP contribution in [0.4, 0.5) is 0 Å². The summed E-state index contributed by atoms with van der Waals surface area (Å²) in [5.41, 5.74) is 7.55. The molecule has 2 rings (SSSR count). The zero-order valence-corrected chi connectivity index (χ0v) is 15.6. The highest BCUT2D eigenvalue weighted by atomic mass is 35.5. The van der Waals surface area contributed by atoms with Crippen molar-refractivity contribution in [1.29, 1.82) is 5.26 Å². The Balaban J connectivity index is 2.92. The van der Waals surface area contributed by atoms with Gasteiger partial charge in [0.15, 0.2) is 0 Å². The van der Waals surface area contributed by atoms with Gasteiger partial charge in [0.1, 0.15) is 11.8 Å². The van der Waals surface area contributed by atoms with Gasteiger partial charge in [0.25, 0.3) is 5.91 Å². The highest BCUT2D eigenvalue weighted by Crippen LogP contribution is 2.37. The van der Waals surface area contributed by atoms with Crippen LogP contribution in [0.2, 0.25) is 5.02 Å². The van der Waals surface area contributed by atoms with Gasteiger partial charge in [-0.25, -0.2) is 4.98 Å². The monoisotopic (exact) mass is 370 g/mol. The SMILES string of the molecule is CCCNC(=O)c1nc(C)cc(C(N)=O)c1-c1c(Cl)ccc(C)c1C#N. The standard InChI is InChI=1S/C19H19ClN4O2/c1-4-7-23-19(26)17-16(12(18(22)25)8-11(3)24-17)15-13(9-21)10(2)5-6-14(15)20/h5-6,8H,4,7H2,1-3H3,(H2,22,25)(H,23,26). The van der Waals surface area contributed by atoms with Crippen molar-refractivity contribution in [2.75, 3.05) is 6.54 Å². The Morgan fingerprint density at radius 3 is 2.58 bits per heavy atom. The lowest BCUT2D eigenvalue weighted by molar-refractivity contribution is 0.0949. The van der Waals surface area contributed by atoms with Crippen LogP contribution >= 0.6 is 11.6 Å². The first-order valence-corrected chi connectivity index (χ1v) is 8.48. The molecule has 0 bridgehead atoms. The van der Waals surface area contributed by atoms with Gasteiger partial charge in [0, 0.05) is 28.4 Å². The number of nitrogens with one attached hydrogen (secondary N) is 1. The van der Waals surface area contributed by atoms with Gasteiger partial charge in [-0.05, 0) is 38.0 Å². The van der Waals surface area contributed by atoms with Crippen LogP contribution < -0.4 is 11.1 Å². The molecule has 0 fully saturated rings. The van der Waals surface area contributed by atoms with Crippen molar-refractivity contribution < 1.29 is 9.59 Å². The van der Waals surface area contributed by atoms with Crippen molar-refractivity contribution in [3.63, 3.8) is 0 Å². The van der Waals surface area contributed by atoms with E-state index in [1.54, 1.807) is 26.0 Å². The van der Waals surface area contributed by atoms with Gasteiger partial charge in [0.05, 0.1) is 11.1 Å². The van der Waals surface area contributed by atoms with E-state index in [2.05, 4.69) is 16.4 Å². The van der Waals surface area contributed by atoms with Crippen molar-refractivity contribution in [2.24, 2.45) is 5.73 Å². The van der Waals surface area contributed by atoms with Crippen LogP contribution in [-0.4, -0.2) is 23.3 Å². The lowest BCUT2D eigenvalue weighted by atomic mass is 9.91. The van der Waals surface area contributed by atoms with E-state index >= 15 is 0 Å². The first-order valence-electron chi connectivity index (χ1n) is 8.11. The van der Waals surface area contributed by atoms with Crippen LogP contribution in [0.25, 0.3) is 11.1 Å². The summed E-state index contributed by atoms with van der Waals surface area (Å²) in [4.78, 5) is 29.0. The largest absolute Gasteiger partial charge is 0.366 e. The van der Waals surface area contributed by atoms with Gasteiger partial charge < -0.3 is 11.1 Å². The van der Waals surface area contributed by atoms with Crippen LogP contribution in [-0.2, 0) is 0 Å². The quantitative estimate of drug-likeness (QED) is 0.842. The number of aryl methyl sites for hydroxylation is 2. The summed E-state index contributed by atoms with van der Waals surface area (Å²) in [6, 6.07) is 6.91. The third kappa shape index (κ3) is 3.68. The molecule has 0 spiro atoms. The molecule has 0 aliphatic rings. The average molecular weight is 371 g/mol. The Morgan fingerprint density at radius 1 is 1.31 bits per heavy atom. The van der Waals surface area contributed by atoms with Crippen molar-refractivity contribution in [1.82, 2.24) is 10.3 Å². The normalized spacial score (nSPS) is 10.3. The van der Waals surface area contributed by atoms with E-state index in [0.29, 0.717) is 17.8 Å². The van der Waals surface area contributed by atoms with Crippen LogP contribution in [0.1, 0.15) is 51.0 Å². The molecule has 0 saturated heterocycles. The third-order valence-electron chi connectivity index (χ3n) is 3.89. The highest BCUT2D eigenvalue weighted by Gasteiger charge is 2.26. The fourth-order valence-electron chi connectivity index (χ4n) is 2.68. The maximum absolute atomic E-state index is 12.7. The highest BCUT2D eigenvalue weighted by molar-refractivity contribution is 6.34. The second-order valence-corrected chi connectivity index (χ2v) is 6.29. The Kier molecular flexibility index (Phi) is 5.96. The first kappa shape index (κ1) is 19.4. The van der Waals surface area contributed by atoms with Gasteiger partial charge in [-0.15, -0.1) is 0 Å². The Hall–Kier alpha value is -2.91. The minimum Gasteiger partial charge on any atom is -0.366 e. The molecule has 0 radical (unpaired) electrons. The molecule has 3 N–H and O–H groups in total. The van der Waals surface area contributed by atoms with Gasteiger partial charge in [-0.3, -0.25) is 9.59 Å². The van der Waals surface area contributed by atoms with E-state index in [4.69, 9.17) is 17.3 Å². The van der Waals surface area contributed by atoms with Gasteiger partial charge in [0.2, 0.25) is 5.91 Å². The number of aromatic nitrogens is 1. The first-order chi connectivity index (χ1) is 12.3. The summed E-state index contributed by atoms with van der Waals surface area (Å²) in [6.07, 6.45) is 0.740. The molecule has 1 aromatic heterocycles. The van der Waals surface area contributed by atoms with Crippen molar-refractivity contribution in [2.45, 2.75) is 27.2 Å². The van der Waals surface area contributed by atoms with Gasteiger partial charge in [-0.2, -0.15) is 5.26 Å². The lowest BCUT2D eigenvalue weighted by Crippen LogP contribution is -2.27. The molecule has 26 heavy (non-hydrogen) atoms. The Bertz CT molecular complexity index is 932. The molecule has 7 heteroatoms. The zero-order valence-electron chi connectivity index (χ0n) is 14.8. The number of nitrogens with zero attached hydrogens (tertiary/aromatic N) is 2. The number of nitrogens with two attached hydrogens (primary N) is 1. The predicted octanol–water partition coefficient (Wildman–Crippen LogP) is 3.13. The number of hydrogen-bond donors (Lipinski definition) is 2. The summed E-state index contributed by atoms with van der Waals surface area (Å²) in [5, 5.41) is 12.6. The summed E-state index contributed by atoms with van der Waals surface area (Å²) in [5.74, 6) is -1.17. The van der Waals surface area contributed by atoms with Crippen LogP contribution in [0.15, 0.2) is 18.2 Å². The number of pyridine rings is 1. The fourth-order valence-corrected chi connectivity index (χ4v) is 2.93. The number of primary amides is 1. The summed E-state index contributed by atoms with van der Waals surface area (Å²) >= 11 is 6.35. The van der Waals surface area contributed by atoms with Crippen LogP contribution in [0.3, 0.4) is 0 Å². The number of hydrogen-bond acceptors (Lipinski definition) is 4. The molecule has 0 saturated carbocycles. The van der Waals surface area contributed by atoms with Crippen molar-refractivity contribution in [3.8, 4) is 17.2 Å². The summed E-state index contributed by atoms with van der Waals surface area (Å²) < 4.78 is 0. The molecule has 6 nitrogen and oxygen atoms in total. The number of amides is 2. The molecular formula is C19H19ClN4O2. The molecule has 134 valence electrons. The molecule has 2 amide bonds. The molecule has 2 aromatic rings. The third-order valence-corrected chi connectivity index (χ3v) is 4.20. The van der Waals surface area contributed by atoms with E-state index in [1.165, 1.54) is 6.07 Å². The molecule has 0 aliphatic heterocycles. The van der Waals surface area contributed by atoms with E-state index in [1.807, 2.05) is 6.92 Å². The fraction of sp³-hybridized carbons (Fsp3) is 0.263. The van der Waals surface area contributed by atoms with Gasteiger partial charge >= 0.3 is 0 Å². The second-order valence-electron chi connectivity index (χ2n) is 5.88. The van der Waals surface area contributed by atoms with E-state index < -0.39 is 11.8 Å². The number of carbonyl (C=O) groups excluding carboxylic acids is 2. The Morgan fingerprint density at radius 2 is 2.00 bits per heavy atom. The van der Waals surface area contributed by atoms with E-state index in [0.717, 1.165) is 6.42 Å². The minimum absolute atomic E-state index is 0.0243. The molecule has 0 aliphatic carbocycles. The molecule has 1 aromatic carbocycles. The zero-order chi connectivity index (χ0) is 19.4. The van der Waals surface area contributed by atoms with E-state index in [-0.39, 0.29) is 33.0 Å². The summed E-state index contributed by atoms with van der Waals surface area (Å²) in [6.45, 7) is 5.79. The molecular weight excluding hydrogens is 352 g/mol. The summed E-state index contributed by atoms with van der Waals surface area (Å²) in [7, 11) is 0. The maximum atomic E-state index is 12.7. The smallest absolute Gasteiger partial charge is 0.270 e. The topological polar surface area (TPSA) is 109 Å². The van der Waals surface area contributed by atoms with Gasteiger partial charge in [-0.1, -0.05) is 24.6 Å². The predicted molar refractivity (Wildman–Crippen MR) is 100 cm³/mol. The maximum Gasteiger partial charge on any atom is 0.270 e. The number of benzene rings is 1.